The van der Waals surface area contributed by atoms with E-state index in [4.69, 9.17) is 22.1 Å². The fourth-order valence-corrected chi connectivity index (χ4v) is 2.05. The van der Waals surface area contributed by atoms with Crippen molar-refractivity contribution in [3.8, 4) is 5.75 Å². The highest BCUT2D eigenvalue weighted by molar-refractivity contribution is 6.31. The summed E-state index contributed by atoms with van der Waals surface area (Å²) in [6.45, 7) is 2.44. The molecule has 18 heavy (non-hydrogen) atoms. The molecule has 0 aliphatic heterocycles. The average molecular weight is 262 g/mol. The molecule has 0 heterocycles. The van der Waals surface area contributed by atoms with Crippen molar-refractivity contribution in [3.05, 3.63) is 64.7 Å². The summed E-state index contributed by atoms with van der Waals surface area (Å²) >= 11 is 6.15. The lowest BCUT2D eigenvalue weighted by atomic mass is 10.1. The number of benzene rings is 2. The molecule has 2 rings (SSSR count). The van der Waals surface area contributed by atoms with Crippen molar-refractivity contribution in [1.29, 1.82) is 0 Å². The van der Waals surface area contributed by atoms with Gasteiger partial charge in [0, 0.05) is 11.1 Å². The first-order valence-corrected chi connectivity index (χ1v) is 6.26. The van der Waals surface area contributed by atoms with Crippen LogP contribution in [-0.2, 0) is 6.61 Å². The van der Waals surface area contributed by atoms with Crippen LogP contribution in [0.15, 0.2) is 48.5 Å². The van der Waals surface area contributed by atoms with Crippen molar-refractivity contribution in [2.45, 2.75) is 19.6 Å². The lowest BCUT2D eigenvalue weighted by Crippen LogP contribution is -2.05. The van der Waals surface area contributed by atoms with Crippen LogP contribution < -0.4 is 10.5 Å². The Morgan fingerprint density at radius 1 is 1.17 bits per heavy atom. The molecule has 94 valence electrons. The van der Waals surface area contributed by atoms with Gasteiger partial charge in [-0.05, 0) is 30.2 Å². The first-order chi connectivity index (χ1) is 8.66. The molecule has 1 atom stereocenters. The Bertz CT molecular complexity index is 511. The summed E-state index contributed by atoms with van der Waals surface area (Å²) in [5.74, 6) is 0.758. The molecular weight excluding hydrogens is 246 g/mol. The Balaban J connectivity index is 2.05. The molecule has 0 radical (unpaired) electrons. The van der Waals surface area contributed by atoms with Gasteiger partial charge < -0.3 is 10.5 Å². The molecule has 0 fully saturated rings. The largest absolute Gasteiger partial charge is 0.489 e. The van der Waals surface area contributed by atoms with Gasteiger partial charge in [0.05, 0.1) is 0 Å². The van der Waals surface area contributed by atoms with Crippen LogP contribution in [0, 0.1) is 0 Å². The van der Waals surface area contributed by atoms with Crippen molar-refractivity contribution in [1.82, 2.24) is 0 Å². The molecule has 0 bridgehead atoms. The quantitative estimate of drug-likeness (QED) is 0.905. The summed E-state index contributed by atoms with van der Waals surface area (Å²) < 4.78 is 5.68. The van der Waals surface area contributed by atoms with E-state index in [1.165, 1.54) is 0 Å². The molecule has 0 saturated heterocycles. The second kappa shape index (κ2) is 5.89. The van der Waals surface area contributed by atoms with Gasteiger partial charge in [-0.2, -0.15) is 0 Å². The summed E-state index contributed by atoms with van der Waals surface area (Å²) in [7, 11) is 0. The summed E-state index contributed by atoms with van der Waals surface area (Å²) in [6, 6.07) is 15.6. The van der Waals surface area contributed by atoms with Gasteiger partial charge in [0.2, 0.25) is 0 Å². The normalized spacial score (nSPS) is 12.2. The summed E-state index contributed by atoms with van der Waals surface area (Å²) in [5, 5.41) is 0.649. The third kappa shape index (κ3) is 3.25. The minimum absolute atomic E-state index is 0.0688. The van der Waals surface area contributed by atoms with Crippen LogP contribution in [-0.4, -0.2) is 0 Å². The Kier molecular flexibility index (Phi) is 4.24. The van der Waals surface area contributed by atoms with Crippen LogP contribution in [0.25, 0.3) is 0 Å². The number of hydrogen-bond donors (Lipinski definition) is 1. The van der Waals surface area contributed by atoms with Gasteiger partial charge in [0.25, 0.3) is 0 Å². The van der Waals surface area contributed by atoms with Crippen LogP contribution >= 0.6 is 11.6 Å². The first-order valence-electron chi connectivity index (χ1n) is 5.88. The predicted molar refractivity (Wildman–Crippen MR) is 74.8 cm³/mol. The van der Waals surface area contributed by atoms with Crippen LogP contribution in [0.2, 0.25) is 5.02 Å². The molecule has 0 aromatic heterocycles. The van der Waals surface area contributed by atoms with Crippen molar-refractivity contribution in [3.63, 3.8) is 0 Å². The van der Waals surface area contributed by atoms with E-state index in [2.05, 4.69) is 0 Å². The fourth-order valence-electron chi connectivity index (χ4n) is 1.71. The minimum Gasteiger partial charge on any atom is -0.489 e. The summed E-state index contributed by atoms with van der Waals surface area (Å²) in [6.07, 6.45) is 0. The van der Waals surface area contributed by atoms with Crippen LogP contribution in [0.3, 0.4) is 0 Å². The van der Waals surface area contributed by atoms with Gasteiger partial charge in [-0.15, -0.1) is 0 Å². The third-order valence-electron chi connectivity index (χ3n) is 2.71. The molecule has 0 spiro atoms. The fraction of sp³-hybridized carbons (Fsp3) is 0.200. The Morgan fingerprint density at radius 2 is 1.89 bits per heavy atom. The van der Waals surface area contributed by atoms with E-state index in [0.29, 0.717) is 11.6 Å². The van der Waals surface area contributed by atoms with E-state index in [9.17, 15) is 0 Å². The predicted octanol–water partition coefficient (Wildman–Crippen LogP) is 3.94. The molecule has 0 aliphatic carbocycles. The minimum atomic E-state index is -0.0688. The molecule has 2 nitrogen and oxygen atoms in total. The number of rotatable bonds is 4. The molecular formula is C15H16ClNO. The van der Waals surface area contributed by atoms with E-state index in [1.54, 1.807) is 0 Å². The monoisotopic (exact) mass is 261 g/mol. The summed E-state index contributed by atoms with van der Waals surface area (Å²) in [5.41, 5.74) is 7.87. The standard InChI is InChI=1S/C15H16ClNO/c1-11(17)14-8-7-13(9-15(14)16)18-10-12-5-3-2-4-6-12/h2-9,11H,10,17H2,1H3. The Morgan fingerprint density at radius 3 is 2.50 bits per heavy atom. The van der Waals surface area contributed by atoms with E-state index >= 15 is 0 Å². The maximum absolute atomic E-state index is 6.15. The van der Waals surface area contributed by atoms with Crippen LogP contribution in [0.1, 0.15) is 24.1 Å². The highest BCUT2D eigenvalue weighted by Crippen LogP contribution is 2.26. The maximum Gasteiger partial charge on any atom is 0.121 e. The zero-order chi connectivity index (χ0) is 13.0. The highest BCUT2D eigenvalue weighted by atomic mass is 35.5. The van der Waals surface area contributed by atoms with Crippen molar-refractivity contribution < 1.29 is 4.74 Å². The van der Waals surface area contributed by atoms with E-state index in [-0.39, 0.29) is 6.04 Å². The highest BCUT2D eigenvalue weighted by Gasteiger charge is 2.06. The topological polar surface area (TPSA) is 35.2 Å². The van der Waals surface area contributed by atoms with Gasteiger partial charge in [0.1, 0.15) is 12.4 Å². The first kappa shape index (κ1) is 12.9. The molecule has 1 unspecified atom stereocenters. The van der Waals surface area contributed by atoms with E-state index in [1.807, 2.05) is 55.5 Å². The molecule has 0 amide bonds. The Hall–Kier alpha value is -1.51. The molecule has 2 aromatic carbocycles. The summed E-state index contributed by atoms with van der Waals surface area (Å²) in [4.78, 5) is 0. The Labute approximate surface area is 112 Å². The lowest BCUT2D eigenvalue weighted by molar-refractivity contribution is 0.306. The molecule has 0 saturated carbocycles. The zero-order valence-electron chi connectivity index (χ0n) is 10.3. The van der Waals surface area contributed by atoms with Gasteiger partial charge in [-0.3, -0.25) is 0 Å². The molecule has 0 aliphatic rings. The second-order valence-electron chi connectivity index (χ2n) is 4.25. The van der Waals surface area contributed by atoms with Crippen molar-refractivity contribution >= 4 is 11.6 Å². The van der Waals surface area contributed by atoms with Gasteiger partial charge in [-0.25, -0.2) is 0 Å². The zero-order valence-corrected chi connectivity index (χ0v) is 11.0. The third-order valence-corrected chi connectivity index (χ3v) is 3.04. The second-order valence-corrected chi connectivity index (χ2v) is 4.65. The van der Waals surface area contributed by atoms with Gasteiger partial charge >= 0.3 is 0 Å². The number of nitrogens with two attached hydrogens (primary N) is 1. The SMILES string of the molecule is CC(N)c1ccc(OCc2ccccc2)cc1Cl. The lowest BCUT2D eigenvalue weighted by Gasteiger charge is -2.11. The van der Waals surface area contributed by atoms with Crippen molar-refractivity contribution in [2.75, 3.05) is 0 Å². The smallest absolute Gasteiger partial charge is 0.121 e. The molecule has 2 N–H and O–H groups in total. The number of hydrogen-bond acceptors (Lipinski definition) is 2. The number of ether oxygens (including phenoxy) is 1. The molecule has 2 aromatic rings. The maximum atomic E-state index is 6.15. The van der Waals surface area contributed by atoms with Crippen molar-refractivity contribution in [2.24, 2.45) is 5.73 Å². The van der Waals surface area contributed by atoms with Crippen LogP contribution in [0.5, 0.6) is 5.75 Å². The number of halogens is 1. The van der Waals surface area contributed by atoms with E-state index in [0.717, 1.165) is 16.9 Å². The molecule has 3 heteroatoms. The van der Waals surface area contributed by atoms with Gasteiger partial charge in [-0.1, -0.05) is 48.0 Å². The van der Waals surface area contributed by atoms with Gasteiger partial charge in [0.15, 0.2) is 0 Å². The average Bonchev–Trinajstić information content (AvgIpc) is 2.37. The van der Waals surface area contributed by atoms with E-state index < -0.39 is 0 Å². The van der Waals surface area contributed by atoms with Crippen LogP contribution in [0.4, 0.5) is 0 Å².